The fourth-order valence-electron chi connectivity index (χ4n) is 3.76. The number of hydrazine groups is 1. The number of ether oxygens (including phenoxy) is 2. The van der Waals surface area contributed by atoms with Gasteiger partial charge in [0.05, 0.1) is 24.9 Å². The van der Waals surface area contributed by atoms with Crippen LogP contribution in [0.1, 0.15) is 52.9 Å². The normalized spacial score (nSPS) is 21.7. The van der Waals surface area contributed by atoms with E-state index >= 15 is 0 Å². The molecule has 190 valence electrons. The van der Waals surface area contributed by atoms with E-state index in [1.807, 2.05) is 0 Å². The van der Waals surface area contributed by atoms with Crippen molar-refractivity contribution >= 4 is 51.5 Å². The number of alkyl carbamates (subject to hydrolysis) is 1. The standard InChI is InChI=1S/C21H31BrN4O8/c1-21(2,3)34-17(29)10-13(15(27)11-22)23-18(30)14-6-5-9-25-16(28)8-7-12(19(31)26(14)25)24-20(32)33-4/h12-14H,5-11H2,1-4H3,(H,23,30)(H,24,32). The van der Waals surface area contributed by atoms with Crippen LogP contribution in [0.2, 0.25) is 0 Å². The minimum Gasteiger partial charge on any atom is -0.460 e. The number of nitrogens with zero attached hydrogens (tertiary/aromatic N) is 2. The summed E-state index contributed by atoms with van der Waals surface area (Å²) in [5.74, 6) is -2.79. The van der Waals surface area contributed by atoms with Crippen LogP contribution in [-0.4, -0.2) is 88.3 Å². The van der Waals surface area contributed by atoms with Crippen molar-refractivity contribution in [1.29, 1.82) is 0 Å². The molecule has 0 spiro atoms. The highest BCUT2D eigenvalue weighted by Gasteiger charge is 2.45. The summed E-state index contributed by atoms with van der Waals surface area (Å²) in [6, 6.07) is -3.34. The number of carbonyl (C=O) groups is 6. The molecule has 0 aliphatic carbocycles. The van der Waals surface area contributed by atoms with Gasteiger partial charge < -0.3 is 20.1 Å². The molecule has 2 N–H and O–H groups in total. The van der Waals surface area contributed by atoms with Crippen molar-refractivity contribution in [3.8, 4) is 0 Å². The Morgan fingerprint density at radius 1 is 1.18 bits per heavy atom. The molecule has 2 heterocycles. The lowest BCUT2D eigenvalue weighted by atomic mass is 10.0. The maximum atomic E-state index is 13.2. The molecule has 3 atom stereocenters. The van der Waals surface area contributed by atoms with Crippen molar-refractivity contribution in [3.05, 3.63) is 0 Å². The Balaban J connectivity index is 2.24. The van der Waals surface area contributed by atoms with E-state index in [-0.39, 0.29) is 43.5 Å². The zero-order chi connectivity index (χ0) is 25.6. The van der Waals surface area contributed by atoms with Crippen LogP contribution in [0.25, 0.3) is 0 Å². The zero-order valence-corrected chi connectivity index (χ0v) is 21.3. The fraction of sp³-hybridized carbons (Fsp3) is 0.714. The van der Waals surface area contributed by atoms with Crippen molar-refractivity contribution in [3.63, 3.8) is 0 Å². The molecule has 4 amide bonds. The van der Waals surface area contributed by atoms with Gasteiger partial charge in [-0.15, -0.1) is 0 Å². The van der Waals surface area contributed by atoms with E-state index in [2.05, 4.69) is 31.3 Å². The van der Waals surface area contributed by atoms with Gasteiger partial charge in [-0.3, -0.25) is 29.0 Å². The quantitative estimate of drug-likeness (QED) is 0.344. The number of carbonyl (C=O) groups excluding carboxylic acids is 6. The third kappa shape index (κ3) is 7.15. The largest absolute Gasteiger partial charge is 0.460 e. The first-order chi connectivity index (χ1) is 15.9. The number of rotatable bonds is 7. The van der Waals surface area contributed by atoms with E-state index in [0.717, 1.165) is 12.1 Å². The molecule has 2 fully saturated rings. The summed E-state index contributed by atoms with van der Waals surface area (Å²) < 4.78 is 9.82. The number of halogens is 1. The summed E-state index contributed by atoms with van der Waals surface area (Å²) in [4.78, 5) is 75.5. The van der Waals surface area contributed by atoms with Gasteiger partial charge in [0.25, 0.3) is 5.91 Å². The van der Waals surface area contributed by atoms with Gasteiger partial charge in [0, 0.05) is 13.0 Å². The second-order valence-corrected chi connectivity index (χ2v) is 9.60. The number of methoxy groups -OCH3 is 1. The lowest BCUT2D eigenvalue weighted by Crippen LogP contribution is -2.64. The number of Topliss-reactive ketones (excluding diaryl/α,β-unsaturated/α-hetero) is 1. The average Bonchev–Trinajstić information content (AvgIpc) is 2.88. The molecule has 0 aromatic rings. The minimum absolute atomic E-state index is 0.00538. The first-order valence-electron chi connectivity index (χ1n) is 11.0. The van der Waals surface area contributed by atoms with Gasteiger partial charge in [0.1, 0.15) is 17.7 Å². The van der Waals surface area contributed by atoms with E-state index in [4.69, 9.17) is 4.74 Å². The molecular formula is C21H31BrN4O8. The summed E-state index contributed by atoms with van der Waals surface area (Å²) >= 11 is 3.05. The Kier molecular flexibility index (Phi) is 9.42. The van der Waals surface area contributed by atoms with Crippen LogP contribution < -0.4 is 10.6 Å². The molecular weight excluding hydrogens is 516 g/mol. The van der Waals surface area contributed by atoms with Gasteiger partial charge >= 0.3 is 12.1 Å². The van der Waals surface area contributed by atoms with Crippen LogP contribution >= 0.6 is 15.9 Å². The van der Waals surface area contributed by atoms with Gasteiger partial charge in [-0.2, -0.15) is 0 Å². The average molecular weight is 547 g/mol. The highest BCUT2D eigenvalue weighted by Crippen LogP contribution is 2.25. The second kappa shape index (κ2) is 11.6. The van der Waals surface area contributed by atoms with Crippen LogP contribution in [0.4, 0.5) is 4.79 Å². The van der Waals surface area contributed by atoms with Gasteiger partial charge in [-0.1, -0.05) is 15.9 Å². The number of hydrogen-bond acceptors (Lipinski definition) is 8. The number of esters is 1. The Morgan fingerprint density at radius 2 is 1.85 bits per heavy atom. The van der Waals surface area contributed by atoms with Crippen molar-refractivity contribution in [2.24, 2.45) is 0 Å². The zero-order valence-electron chi connectivity index (χ0n) is 19.7. The molecule has 13 heteroatoms. The number of fused-ring (bicyclic) bond motifs is 1. The maximum Gasteiger partial charge on any atom is 0.407 e. The summed E-state index contributed by atoms with van der Waals surface area (Å²) in [5, 5.41) is 7.11. The summed E-state index contributed by atoms with van der Waals surface area (Å²) in [6.45, 7) is 5.29. The lowest BCUT2D eigenvalue weighted by Gasteiger charge is -2.43. The van der Waals surface area contributed by atoms with E-state index in [1.54, 1.807) is 20.8 Å². The number of alkyl halides is 1. The number of hydrogen-bond donors (Lipinski definition) is 2. The van der Waals surface area contributed by atoms with Gasteiger partial charge in [-0.05, 0) is 40.0 Å². The molecule has 2 saturated heterocycles. The summed E-state index contributed by atoms with van der Waals surface area (Å²) in [7, 11) is 1.15. The van der Waals surface area contributed by atoms with E-state index in [1.165, 1.54) is 5.01 Å². The molecule has 2 aliphatic rings. The molecule has 2 aliphatic heterocycles. The molecule has 34 heavy (non-hydrogen) atoms. The van der Waals surface area contributed by atoms with Crippen molar-refractivity contribution in [1.82, 2.24) is 20.7 Å². The Bertz CT molecular complexity index is 843. The molecule has 0 bridgehead atoms. The predicted molar refractivity (Wildman–Crippen MR) is 121 cm³/mol. The van der Waals surface area contributed by atoms with E-state index < -0.39 is 53.4 Å². The summed E-state index contributed by atoms with van der Waals surface area (Å²) in [5.41, 5.74) is -0.770. The second-order valence-electron chi connectivity index (χ2n) is 9.04. The number of amides is 4. The van der Waals surface area contributed by atoms with Crippen LogP contribution in [0.15, 0.2) is 0 Å². The van der Waals surface area contributed by atoms with Crippen LogP contribution in [-0.2, 0) is 33.4 Å². The minimum atomic E-state index is -1.18. The number of nitrogens with one attached hydrogen (secondary N) is 2. The van der Waals surface area contributed by atoms with Gasteiger partial charge in [-0.25, -0.2) is 9.80 Å². The smallest absolute Gasteiger partial charge is 0.407 e. The summed E-state index contributed by atoms with van der Waals surface area (Å²) in [6.07, 6.45) is -0.493. The van der Waals surface area contributed by atoms with Gasteiger partial charge in [0.2, 0.25) is 11.8 Å². The third-order valence-electron chi connectivity index (χ3n) is 5.27. The van der Waals surface area contributed by atoms with Crippen molar-refractivity contribution < 1.29 is 38.2 Å². The monoisotopic (exact) mass is 546 g/mol. The van der Waals surface area contributed by atoms with Crippen molar-refractivity contribution in [2.75, 3.05) is 19.0 Å². The first-order valence-corrected chi connectivity index (χ1v) is 12.1. The van der Waals surface area contributed by atoms with E-state index in [0.29, 0.717) is 6.42 Å². The van der Waals surface area contributed by atoms with Crippen LogP contribution in [0.5, 0.6) is 0 Å². The molecule has 0 saturated carbocycles. The number of ketones is 1. The highest BCUT2D eigenvalue weighted by atomic mass is 79.9. The lowest BCUT2D eigenvalue weighted by molar-refractivity contribution is -0.176. The Hall–Kier alpha value is -2.70. The molecule has 3 unspecified atom stereocenters. The third-order valence-corrected chi connectivity index (χ3v) is 5.82. The fourth-order valence-corrected chi connectivity index (χ4v) is 4.15. The molecule has 0 aromatic heterocycles. The SMILES string of the molecule is COC(=O)NC1CCC(=O)N2CCCC(C(=O)NC(CC(=O)OC(C)(C)C)C(=O)CBr)N2C1=O. The highest BCUT2D eigenvalue weighted by molar-refractivity contribution is 9.09. The van der Waals surface area contributed by atoms with Crippen LogP contribution in [0.3, 0.4) is 0 Å². The van der Waals surface area contributed by atoms with E-state index in [9.17, 15) is 28.8 Å². The topological polar surface area (TPSA) is 151 Å². The van der Waals surface area contributed by atoms with Crippen molar-refractivity contribution in [2.45, 2.75) is 76.6 Å². The van der Waals surface area contributed by atoms with Crippen LogP contribution in [0, 0.1) is 0 Å². The molecule has 2 rings (SSSR count). The molecule has 0 aromatic carbocycles. The molecule has 12 nitrogen and oxygen atoms in total. The Labute approximate surface area is 206 Å². The molecule has 0 radical (unpaired) electrons. The Morgan fingerprint density at radius 3 is 2.44 bits per heavy atom. The van der Waals surface area contributed by atoms with Gasteiger partial charge in [0.15, 0.2) is 5.78 Å². The predicted octanol–water partition coefficient (Wildman–Crippen LogP) is 0.420. The maximum absolute atomic E-state index is 13.2. The first kappa shape index (κ1) is 27.5.